The maximum Gasteiger partial charge on any atom is 0.179 e. The Morgan fingerprint density at radius 2 is 2.08 bits per heavy atom. The van der Waals surface area contributed by atoms with Crippen molar-refractivity contribution in [3.63, 3.8) is 0 Å². The first kappa shape index (κ1) is 8.80. The van der Waals surface area contributed by atoms with Crippen LogP contribution < -0.4 is 4.67 Å². The number of aromatic nitrogens is 2. The lowest BCUT2D eigenvalue weighted by Crippen LogP contribution is -1.92. The highest BCUT2D eigenvalue weighted by Crippen LogP contribution is 2.11. The highest BCUT2D eigenvalue weighted by atomic mass is 35.5. The molecule has 0 N–H and O–H groups in total. The van der Waals surface area contributed by atoms with Gasteiger partial charge in [-0.2, -0.15) is 4.37 Å². The molecule has 0 radical (unpaired) electrons. The second-order valence-electron chi connectivity index (χ2n) is 2.16. The van der Waals surface area contributed by atoms with Crippen LogP contribution in [0.5, 0.6) is 0 Å². The van der Waals surface area contributed by atoms with Gasteiger partial charge in [-0.05, 0) is 22.5 Å². The van der Waals surface area contributed by atoms with Crippen molar-refractivity contribution in [3.05, 3.63) is 34.4 Å². The zero-order valence-corrected chi connectivity index (χ0v) is 8.73. The van der Waals surface area contributed by atoms with Crippen molar-refractivity contribution >= 4 is 38.2 Å². The summed E-state index contributed by atoms with van der Waals surface area (Å²) in [5, 5.41) is 0.465. The molecule has 2 rings (SSSR count). The summed E-state index contributed by atoms with van der Waals surface area (Å²) in [6.07, 6.45) is 3.38. The van der Waals surface area contributed by atoms with E-state index in [4.69, 9.17) is 11.6 Å². The zero-order valence-electron chi connectivity index (χ0n) is 6.35. The van der Waals surface area contributed by atoms with Crippen molar-refractivity contribution in [2.24, 2.45) is 4.99 Å². The molecular formula is C7H4ClN3S2. The summed E-state index contributed by atoms with van der Waals surface area (Å²) in [7, 11) is 2.79. The van der Waals surface area contributed by atoms with Gasteiger partial charge >= 0.3 is 0 Å². The van der Waals surface area contributed by atoms with Gasteiger partial charge in [0, 0.05) is 22.9 Å². The Hall–Kier alpha value is -0.780. The molecule has 0 aliphatic rings. The molecule has 0 spiro atoms. The van der Waals surface area contributed by atoms with Crippen LogP contribution in [0.2, 0.25) is 5.15 Å². The fourth-order valence-electron chi connectivity index (χ4n) is 0.761. The number of rotatable bonds is 1. The SMILES string of the molecule is Clc1nssc1=Nc1ccncc1. The summed E-state index contributed by atoms with van der Waals surface area (Å²) in [6.45, 7) is 0. The molecule has 0 aliphatic carbocycles. The lowest BCUT2D eigenvalue weighted by atomic mass is 10.4. The third-order valence-corrected chi connectivity index (χ3v) is 3.47. The molecule has 0 saturated carbocycles. The Labute approximate surface area is 86.9 Å². The molecule has 0 amide bonds. The summed E-state index contributed by atoms with van der Waals surface area (Å²) in [5.74, 6) is 0. The van der Waals surface area contributed by atoms with E-state index in [0.29, 0.717) is 5.15 Å². The molecule has 0 bridgehead atoms. The molecule has 0 atom stereocenters. The minimum atomic E-state index is 0.465. The van der Waals surface area contributed by atoms with E-state index in [1.54, 1.807) is 12.4 Å². The molecule has 6 heteroatoms. The molecule has 66 valence electrons. The van der Waals surface area contributed by atoms with Gasteiger partial charge in [-0.15, -0.1) is 0 Å². The van der Waals surface area contributed by atoms with E-state index in [0.717, 1.165) is 10.4 Å². The van der Waals surface area contributed by atoms with Crippen molar-refractivity contribution in [3.8, 4) is 0 Å². The second-order valence-corrected chi connectivity index (χ2v) is 4.35. The van der Waals surface area contributed by atoms with Crippen LogP contribution in [0.25, 0.3) is 0 Å². The monoisotopic (exact) mass is 229 g/mol. The van der Waals surface area contributed by atoms with Gasteiger partial charge in [0.1, 0.15) is 0 Å². The standard InChI is InChI=1S/C7H4ClN3S2/c8-6-7(12-13-11-6)10-5-1-3-9-4-2-5/h1-4H. The summed E-state index contributed by atoms with van der Waals surface area (Å²) < 4.78 is 4.68. The van der Waals surface area contributed by atoms with Crippen LogP contribution in [0.15, 0.2) is 29.5 Å². The molecule has 0 aromatic carbocycles. The Bertz CT molecular complexity index is 448. The molecule has 2 aromatic heterocycles. The maximum atomic E-state index is 5.79. The largest absolute Gasteiger partial charge is 0.265 e. The van der Waals surface area contributed by atoms with Gasteiger partial charge in [-0.1, -0.05) is 11.6 Å². The van der Waals surface area contributed by atoms with Gasteiger partial charge in [0.2, 0.25) is 0 Å². The smallest absolute Gasteiger partial charge is 0.179 e. The van der Waals surface area contributed by atoms with Crippen molar-refractivity contribution in [1.29, 1.82) is 0 Å². The van der Waals surface area contributed by atoms with Crippen molar-refractivity contribution < 1.29 is 0 Å². The number of hydrogen-bond acceptors (Lipinski definition) is 5. The lowest BCUT2D eigenvalue weighted by Gasteiger charge is -1.87. The van der Waals surface area contributed by atoms with Crippen LogP contribution in [0, 0.1) is 0 Å². The fraction of sp³-hybridized carbons (Fsp3) is 0. The molecule has 0 aliphatic heterocycles. The Kier molecular flexibility index (Phi) is 2.68. The zero-order chi connectivity index (χ0) is 9.10. The summed E-state index contributed by atoms with van der Waals surface area (Å²) in [6, 6.07) is 3.64. The van der Waals surface area contributed by atoms with E-state index < -0.39 is 0 Å². The van der Waals surface area contributed by atoms with Gasteiger partial charge < -0.3 is 0 Å². The van der Waals surface area contributed by atoms with E-state index in [1.807, 2.05) is 12.1 Å². The first-order chi connectivity index (χ1) is 6.36. The molecule has 2 aromatic rings. The fourth-order valence-corrected chi connectivity index (χ4v) is 2.75. The third-order valence-electron chi connectivity index (χ3n) is 1.30. The van der Waals surface area contributed by atoms with Crippen LogP contribution in [-0.4, -0.2) is 9.36 Å². The Morgan fingerprint density at radius 1 is 1.31 bits per heavy atom. The average Bonchev–Trinajstić information content (AvgIpc) is 2.54. The summed E-state index contributed by atoms with van der Waals surface area (Å²) >= 11 is 5.79. The van der Waals surface area contributed by atoms with Crippen LogP contribution in [0.4, 0.5) is 5.69 Å². The van der Waals surface area contributed by atoms with Crippen molar-refractivity contribution in [2.45, 2.75) is 0 Å². The molecule has 2 heterocycles. The van der Waals surface area contributed by atoms with E-state index in [2.05, 4.69) is 14.3 Å². The number of halogens is 1. The minimum Gasteiger partial charge on any atom is -0.265 e. The number of hydrogen-bond donors (Lipinski definition) is 0. The van der Waals surface area contributed by atoms with E-state index in [-0.39, 0.29) is 0 Å². The first-order valence-corrected chi connectivity index (χ1v) is 5.91. The topological polar surface area (TPSA) is 38.1 Å². The molecule has 13 heavy (non-hydrogen) atoms. The minimum absolute atomic E-state index is 0.465. The first-order valence-electron chi connectivity index (χ1n) is 3.42. The molecule has 0 fully saturated rings. The number of nitrogens with zero attached hydrogens (tertiary/aromatic N) is 3. The van der Waals surface area contributed by atoms with E-state index >= 15 is 0 Å². The van der Waals surface area contributed by atoms with E-state index in [9.17, 15) is 0 Å². The highest BCUT2D eigenvalue weighted by molar-refractivity contribution is 7.66. The summed E-state index contributed by atoms with van der Waals surface area (Å²) in [4.78, 5) is 8.19. The van der Waals surface area contributed by atoms with E-state index in [1.165, 1.54) is 20.9 Å². The normalized spacial score (nSPS) is 11.9. The average molecular weight is 230 g/mol. The van der Waals surface area contributed by atoms with Gasteiger partial charge in [-0.25, -0.2) is 4.99 Å². The predicted molar refractivity (Wildman–Crippen MR) is 54.5 cm³/mol. The van der Waals surface area contributed by atoms with Gasteiger partial charge in [-0.3, -0.25) is 4.98 Å². The summed E-state index contributed by atoms with van der Waals surface area (Å²) in [5.41, 5.74) is 0.841. The molecule has 0 unspecified atom stereocenters. The van der Waals surface area contributed by atoms with Crippen LogP contribution in [0.3, 0.4) is 0 Å². The second kappa shape index (κ2) is 3.95. The van der Waals surface area contributed by atoms with Crippen molar-refractivity contribution in [2.75, 3.05) is 0 Å². The Balaban J connectivity index is 2.48. The maximum absolute atomic E-state index is 5.79. The van der Waals surface area contributed by atoms with Crippen molar-refractivity contribution in [1.82, 2.24) is 9.36 Å². The number of pyridine rings is 1. The predicted octanol–water partition coefficient (Wildman–Crippen LogP) is 2.49. The quantitative estimate of drug-likeness (QED) is 0.705. The van der Waals surface area contributed by atoms with Gasteiger partial charge in [0.25, 0.3) is 0 Å². The molecule has 0 saturated heterocycles. The Morgan fingerprint density at radius 3 is 2.69 bits per heavy atom. The third kappa shape index (κ3) is 2.12. The highest BCUT2D eigenvalue weighted by Gasteiger charge is 1.96. The molecule has 3 nitrogen and oxygen atoms in total. The van der Waals surface area contributed by atoms with Crippen LogP contribution in [0.1, 0.15) is 0 Å². The lowest BCUT2D eigenvalue weighted by molar-refractivity contribution is 1.29. The van der Waals surface area contributed by atoms with Gasteiger partial charge in [0.05, 0.1) is 5.69 Å². The van der Waals surface area contributed by atoms with Gasteiger partial charge in [0.15, 0.2) is 9.82 Å². The van der Waals surface area contributed by atoms with Crippen LogP contribution in [-0.2, 0) is 0 Å². The molecular weight excluding hydrogens is 226 g/mol. The van der Waals surface area contributed by atoms with Crippen LogP contribution >= 0.6 is 32.5 Å².